The highest BCUT2D eigenvalue weighted by atomic mass is 16.5. The second kappa shape index (κ2) is 8.87. The number of hydrogen-bond donors (Lipinski definition) is 0. The lowest BCUT2D eigenvalue weighted by Gasteiger charge is -2.24. The van der Waals surface area contributed by atoms with Crippen molar-refractivity contribution in [1.29, 1.82) is 0 Å². The smallest absolute Gasteiger partial charge is 0.276 e. The Labute approximate surface area is 180 Å². The molecule has 0 aliphatic rings. The average molecular weight is 417 g/mol. The molecule has 0 bridgehead atoms. The van der Waals surface area contributed by atoms with Crippen molar-refractivity contribution in [3.8, 4) is 11.5 Å². The number of hydrogen-bond acceptors (Lipinski definition) is 6. The Balaban J connectivity index is 1.42. The van der Waals surface area contributed by atoms with Crippen LogP contribution in [0.1, 0.15) is 34.9 Å². The van der Waals surface area contributed by atoms with Crippen LogP contribution in [0.25, 0.3) is 10.8 Å². The van der Waals surface area contributed by atoms with Gasteiger partial charge in [-0.2, -0.15) is 0 Å². The molecule has 0 fully saturated rings. The first kappa shape index (κ1) is 20.4. The average Bonchev–Trinajstić information content (AvgIpc) is 3.30. The summed E-state index contributed by atoms with van der Waals surface area (Å²) in [6, 6.07) is 15.3. The number of methoxy groups -OCH3 is 1. The van der Waals surface area contributed by atoms with Gasteiger partial charge in [-0.3, -0.25) is 9.78 Å². The molecule has 31 heavy (non-hydrogen) atoms. The highest BCUT2D eigenvalue weighted by Crippen LogP contribution is 2.25. The highest BCUT2D eigenvalue weighted by Gasteiger charge is 2.22. The highest BCUT2D eigenvalue weighted by molar-refractivity contribution is 5.92. The minimum atomic E-state index is -0.232. The molecule has 2 aromatic carbocycles. The number of nitrogens with zero attached hydrogens (tertiary/aromatic N) is 3. The van der Waals surface area contributed by atoms with Crippen molar-refractivity contribution in [1.82, 2.24) is 14.9 Å². The van der Waals surface area contributed by atoms with Crippen LogP contribution in [-0.2, 0) is 6.61 Å². The normalized spacial score (nSPS) is 11.8. The fourth-order valence-electron chi connectivity index (χ4n) is 3.24. The molecule has 2 heterocycles. The summed E-state index contributed by atoms with van der Waals surface area (Å²) in [5.41, 5.74) is 1.18. The summed E-state index contributed by atoms with van der Waals surface area (Å²) in [4.78, 5) is 22.8. The Morgan fingerprint density at radius 3 is 2.65 bits per heavy atom. The van der Waals surface area contributed by atoms with Crippen LogP contribution in [0.4, 0.5) is 0 Å². The van der Waals surface area contributed by atoms with Gasteiger partial charge in [-0.1, -0.05) is 18.2 Å². The van der Waals surface area contributed by atoms with Gasteiger partial charge in [0.15, 0.2) is 12.3 Å². The second-order valence-electron chi connectivity index (χ2n) is 7.17. The number of fused-ring (bicyclic) bond motifs is 1. The third-order valence-electron chi connectivity index (χ3n) is 5.22. The molecule has 4 rings (SSSR count). The first-order valence-corrected chi connectivity index (χ1v) is 9.87. The van der Waals surface area contributed by atoms with Gasteiger partial charge in [-0.15, -0.1) is 0 Å². The van der Waals surface area contributed by atoms with Gasteiger partial charge < -0.3 is 18.8 Å². The molecule has 0 unspecified atom stereocenters. The van der Waals surface area contributed by atoms with Crippen molar-refractivity contribution < 1.29 is 18.7 Å². The van der Waals surface area contributed by atoms with E-state index in [4.69, 9.17) is 13.9 Å². The van der Waals surface area contributed by atoms with Crippen molar-refractivity contribution in [3.63, 3.8) is 0 Å². The first-order valence-electron chi connectivity index (χ1n) is 9.87. The zero-order valence-electron chi connectivity index (χ0n) is 17.6. The Kier molecular flexibility index (Phi) is 5.84. The number of pyridine rings is 1. The van der Waals surface area contributed by atoms with Gasteiger partial charge in [0.2, 0.25) is 5.89 Å². The fourth-order valence-corrected chi connectivity index (χ4v) is 3.24. The van der Waals surface area contributed by atoms with E-state index in [0.29, 0.717) is 11.6 Å². The standard InChI is InChI=1S/C24H23N3O4/c1-16(18-5-4-10-25-13-18)27(2)24(28)22-14-31-23(26-22)15-30-21-9-7-17-6-8-20(29-3)11-19(17)12-21/h4-14,16H,15H2,1-3H3/t16-/m0/s1. The van der Waals surface area contributed by atoms with E-state index in [-0.39, 0.29) is 24.2 Å². The van der Waals surface area contributed by atoms with Crippen molar-refractivity contribution >= 4 is 16.7 Å². The van der Waals surface area contributed by atoms with E-state index in [0.717, 1.165) is 22.1 Å². The lowest BCUT2D eigenvalue weighted by molar-refractivity contribution is 0.0736. The van der Waals surface area contributed by atoms with E-state index in [1.54, 1.807) is 31.5 Å². The van der Waals surface area contributed by atoms with E-state index < -0.39 is 0 Å². The van der Waals surface area contributed by atoms with Crippen LogP contribution in [0.3, 0.4) is 0 Å². The second-order valence-corrected chi connectivity index (χ2v) is 7.17. The summed E-state index contributed by atoms with van der Waals surface area (Å²) in [7, 11) is 3.37. The molecule has 4 aromatic rings. The Morgan fingerprint density at radius 2 is 1.90 bits per heavy atom. The number of ether oxygens (including phenoxy) is 2. The summed E-state index contributed by atoms with van der Waals surface area (Å²) in [5, 5.41) is 2.09. The van der Waals surface area contributed by atoms with E-state index in [1.807, 2.05) is 55.5 Å². The topological polar surface area (TPSA) is 77.7 Å². The third kappa shape index (κ3) is 4.50. The van der Waals surface area contributed by atoms with Crippen LogP contribution < -0.4 is 9.47 Å². The molecule has 2 aromatic heterocycles. The van der Waals surface area contributed by atoms with Gasteiger partial charge in [0.1, 0.15) is 17.8 Å². The number of aromatic nitrogens is 2. The number of rotatable bonds is 7. The molecule has 0 aliphatic heterocycles. The molecule has 1 atom stereocenters. The minimum Gasteiger partial charge on any atom is -0.497 e. The van der Waals surface area contributed by atoms with E-state index in [9.17, 15) is 4.79 Å². The fraction of sp³-hybridized carbons (Fsp3) is 0.208. The maximum absolute atomic E-state index is 12.8. The number of benzene rings is 2. The van der Waals surface area contributed by atoms with Gasteiger partial charge in [0.25, 0.3) is 5.91 Å². The summed E-state index contributed by atoms with van der Waals surface area (Å²) in [6.07, 6.45) is 4.81. The number of carbonyl (C=O) groups is 1. The molecule has 7 nitrogen and oxygen atoms in total. The SMILES string of the molecule is COc1ccc2ccc(OCc3nc(C(=O)N(C)[C@@H](C)c4cccnc4)co3)cc2c1. The molecule has 0 aliphatic carbocycles. The lowest BCUT2D eigenvalue weighted by atomic mass is 10.1. The van der Waals surface area contributed by atoms with E-state index in [2.05, 4.69) is 9.97 Å². The molecule has 0 spiro atoms. The molecule has 7 heteroatoms. The lowest BCUT2D eigenvalue weighted by Crippen LogP contribution is -2.30. The van der Waals surface area contributed by atoms with Crippen LogP contribution in [-0.4, -0.2) is 34.9 Å². The minimum absolute atomic E-state index is 0.116. The van der Waals surface area contributed by atoms with Gasteiger partial charge in [-0.25, -0.2) is 4.98 Å². The summed E-state index contributed by atoms with van der Waals surface area (Å²) in [6.45, 7) is 2.05. The van der Waals surface area contributed by atoms with Gasteiger partial charge >= 0.3 is 0 Å². The van der Waals surface area contributed by atoms with Crippen LogP contribution in [0, 0.1) is 0 Å². The predicted octanol–water partition coefficient (Wildman–Crippen LogP) is 4.64. The Morgan fingerprint density at radius 1 is 1.13 bits per heavy atom. The molecular formula is C24H23N3O4. The van der Waals surface area contributed by atoms with E-state index in [1.165, 1.54) is 6.26 Å². The molecule has 0 N–H and O–H groups in total. The number of oxazole rings is 1. The van der Waals surface area contributed by atoms with Crippen LogP contribution >= 0.6 is 0 Å². The number of carbonyl (C=O) groups excluding carboxylic acids is 1. The quantitative estimate of drug-likeness (QED) is 0.436. The van der Waals surface area contributed by atoms with Crippen LogP contribution in [0.15, 0.2) is 71.6 Å². The molecule has 0 saturated heterocycles. The molecular weight excluding hydrogens is 394 g/mol. The first-order chi connectivity index (χ1) is 15.0. The predicted molar refractivity (Wildman–Crippen MR) is 116 cm³/mol. The zero-order valence-corrected chi connectivity index (χ0v) is 17.6. The third-order valence-corrected chi connectivity index (χ3v) is 5.22. The van der Waals surface area contributed by atoms with Crippen LogP contribution in [0.2, 0.25) is 0 Å². The molecule has 0 saturated carbocycles. The Hall–Kier alpha value is -3.87. The zero-order chi connectivity index (χ0) is 21.8. The van der Waals surface area contributed by atoms with Gasteiger partial charge in [-0.05, 0) is 53.6 Å². The number of amides is 1. The largest absolute Gasteiger partial charge is 0.497 e. The van der Waals surface area contributed by atoms with Crippen molar-refractivity contribution in [2.45, 2.75) is 19.6 Å². The van der Waals surface area contributed by atoms with Crippen molar-refractivity contribution in [2.75, 3.05) is 14.2 Å². The monoisotopic (exact) mass is 417 g/mol. The maximum atomic E-state index is 12.8. The van der Waals surface area contributed by atoms with Crippen molar-refractivity contribution in [3.05, 3.63) is 84.3 Å². The summed E-state index contributed by atoms with van der Waals surface area (Å²) in [5.74, 6) is 1.56. The molecule has 1 amide bonds. The summed E-state index contributed by atoms with van der Waals surface area (Å²) >= 11 is 0. The van der Waals surface area contributed by atoms with E-state index >= 15 is 0 Å². The van der Waals surface area contributed by atoms with Crippen LogP contribution in [0.5, 0.6) is 11.5 Å². The molecule has 158 valence electrons. The van der Waals surface area contributed by atoms with Gasteiger partial charge in [0, 0.05) is 19.4 Å². The summed E-state index contributed by atoms with van der Waals surface area (Å²) < 4.78 is 16.5. The van der Waals surface area contributed by atoms with Gasteiger partial charge in [0.05, 0.1) is 13.2 Å². The molecule has 0 radical (unpaired) electrons. The van der Waals surface area contributed by atoms with Crippen molar-refractivity contribution in [2.24, 2.45) is 0 Å². The Bertz CT molecular complexity index is 1190. The maximum Gasteiger partial charge on any atom is 0.276 e.